The SMILES string of the molecule is O=C(CCCCn1c(=O)[nH]c2ccccc2c1=O)N1CC[NH+](C2CCCCC2)CC1. The molecule has 1 aliphatic heterocycles. The largest absolute Gasteiger partial charge is 0.331 e. The van der Waals surface area contributed by atoms with E-state index in [-0.39, 0.29) is 17.2 Å². The lowest BCUT2D eigenvalue weighted by Gasteiger charge is -2.38. The number of aromatic amines is 1. The van der Waals surface area contributed by atoms with E-state index in [1.54, 1.807) is 29.2 Å². The number of amides is 1. The molecule has 1 saturated heterocycles. The predicted octanol–water partition coefficient (Wildman–Crippen LogP) is 0.920. The minimum absolute atomic E-state index is 0.206. The van der Waals surface area contributed by atoms with Crippen molar-refractivity contribution in [2.75, 3.05) is 26.2 Å². The Balaban J connectivity index is 1.23. The molecule has 7 heteroatoms. The highest BCUT2D eigenvalue weighted by atomic mass is 16.2. The van der Waals surface area contributed by atoms with Crippen LogP contribution in [0, 0.1) is 0 Å². The highest BCUT2D eigenvalue weighted by Gasteiger charge is 2.29. The highest BCUT2D eigenvalue weighted by Crippen LogP contribution is 2.15. The molecule has 7 nitrogen and oxygen atoms in total. The molecule has 0 radical (unpaired) electrons. The number of benzene rings is 1. The molecule has 1 aliphatic carbocycles. The number of fused-ring (bicyclic) bond motifs is 1. The molecule has 2 aliphatic rings. The molecular formula is C23H33N4O3+. The number of nitrogens with one attached hydrogen (secondary N) is 2. The third-order valence-electron chi connectivity index (χ3n) is 6.85. The first kappa shape index (κ1) is 20.8. The van der Waals surface area contributed by atoms with Crippen molar-refractivity contribution in [2.45, 2.75) is 64.0 Å². The Labute approximate surface area is 176 Å². The summed E-state index contributed by atoms with van der Waals surface area (Å²) in [5.41, 5.74) is -0.0808. The second kappa shape index (κ2) is 9.60. The van der Waals surface area contributed by atoms with E-state index in [4.69, 9.17) is 0 Å². The molecule has 2 N–H and O–H groups in total. The molecule has 1 aromatic heterocycles. The molecule has 0 bridgehead atoms. The van der Waals surface area contributed by atoms with Gasteiger partial charge in [0.25, 0.3) is 5.56 Å². The monoisotopic (exact) mass is 413 g/mol. The van der Waals surface area contributed by atoms with Gasteiger partial charge in [-0.15, -0.1) is 0 Å². The minimum Gasteiger partial charge on any atom is -0.331 e. The highest BCUT2D eigenvalue weighted by molar-refractivity contribution is 5.77. The average Bonchev–Trinajstić information content (AvgIpc) is 2.79. The number of aromatic nitrogens is 2. The summed E-state index contributed by atoms with van der Waals surface area (Å²) in [4.78, 5) is 43.8. The molecule has 162 valence electrons. The van der Waals surface area contributed by atoms with Gasteiger partial charge in [-0.05, 0) is 50.7 Å². The van der Waals surface area contributed by atoms with Crippen LogP contribution in [0.3, 0.4) is 0 Å². The number of hydrogen-bond acceptors (Lipinski definition) is 3. The summed E-state index contributed by atoms with van der Waals surface area (Å²) in [6, 6.07) is 7.85. The Kier molecular flexibility index (Phi) is 6.67. The van der Waals surface area contributed by atoms with Gasteiger partial charge in [-0.3, -0.25) is 14.2 Å². The Morgan fingerprint density at radius 1 is 1.03 bits per heavy atom. The van der Waals surface area contributed by atoms with Crippen LogP contribution >= 0.6 is 0 Å². The van der Waals surface area contributed by atoms with E-state index in [9.17, 15) is 14.4 Å². The lowest BCUT2D eigenvalue weighted by Crippen LogP contribution is -3.18. The first-order valence-electron chi connectivity index (χ1n) is 11.5. The second-order valence-electron chi connectivity index (χ2n) is 8.76. The molecule has 2 heterocycles. The van der Waals surface area contributed by atoms with E-state index in [0.717, 1.165) is 32.2 Å². The van der Waals surface area contributed by atoms with Crippen molar-refractivity contribution in [1.29, 1.82) is 0 Å². The number of H-pyrrole nitrogens is 1. The number of piperazine rings is 1. The van der Waals surface area contributed by atoms with Gasteiger partial charge < -0.3 is 14.8 Å². The summed E-state index contributed by atoms with van der Waals surface area (Å²) in [5.74, 6) is 0.206. The molecule has 1 amide bonds. The first-order valence-corrected chi connectivity index (χ1v) is 11.5. The molecule has 1 saturated carbocycles. The van der Waals surface area contributed by atoms with E-state index in [2.05, 4.69) is 4.98 Å². The van der Waals surface area contributed by atoms with E-state index in [0.29, 0.717) is 36.7 Å². The Bertz CT molecular complexity index is 982. The number of carbonyl (C=O) groups excluding carboxylic acids is 1. The third kappa shape index (κ3) is 4.67. The number of carbonyl (C=O) groups is 1. The lowest BCUT2D eigenvalue weighted by molar-refractivity contribution is -0.930. The summed E-state index contributed by atoms with van der Waals surface area (Å²) in [7, 11) is 0. The Hall–Kier alpha value is -2.41. The van der Waals surface area contributed by atoms with Crippen molar-refractivity contribution >= 4 is 16.8 Å². The first-order chi connectivity index (χ1) is 14.6. The summed E-state index contributed by atoms with van der Waals surface area (Å²) in [5, 5.41) is 0.520. The third-order valence-corrected chi connectivity index (χ3v) is 6.85. The van der Waals surface area contributed by atoms with Gasteiger partial charge in [0, 0.05) is 13.0 Å². The smallest absolute Gasteiger partial charge is 0.328 e. The van der Waals surface area contributed by atoms with Crippen molar-refractivity contribution < 1.29 is 9.69 Å². The van der Waals surface area contributed by atoms with Crippen LogP contribution in [-0.4, -0.2) is 52.6 Å². The van der Waals surface area contributed by atoms with Crippen LogP contribution in [0.25, 0.3) is 10.9 Å². The maximum absolute atomic E-state index is 12.6. The van der Waals surface area contributed by atoms with Crippen LogP contribution in [0.2, 0.25) is 0 Å². The molecule has 2 aromatic rings. The van der Waals surface area contributed by atoms with Gasteiger partial charge in [0.15, 0.2) is 0 Å². The molecule has 2 fully saturated rings. The summed E-state index contributed by atoms with van der Waals surface area (Å²) in [6.07, 6.45) is 8.60. The summed E-state index contributed by atoms with van der Waals surface area (Å²) >= 11 is 0. The van der Waals surface area contributed by atoms with Crippen molar-refractivity contribution in [3.63, 3.8) is 0 Å². The number of quaternary nitrogens is 1. The zero-order valence-electron chi connectivity index (χ0n) is 17.7. The lowest BCUT2D eigenvalue weighted by atomic mass is 9.94. The number of hydrogen-bond donors (Lipinski definition) is 2. The van der Waals surface area contributed by atoms with Gasteiger partial charge in [0.1, 0.15) is 0 Å². The topological polar surface area (TPSA) is 79.6 Å². The fraction of sp³-hybridized carbons (Fsp3) is 0.609. The van der Waals surface area contributed by atoms with Crippen LogP contribution in [0.5, 0.6) is 0 Å². The van der Waals surface area contributed by atoms with Gasteiger partial charge >= 0.3 is 5.69 Å². The molecule has 1 aromatic carbocycles. The number of nitrogens with zero attached hydrogens (tertiary/aromatic N) is 2. The zero-order chi connectivity index (χ0) is 20.9. The van der Waals surface area contributed by atoms with Crippen LogP contribution in [0.4, 0.5) is 0 Å². The van der Waals surface area contributed by atoms with Gasteiger partial charge in [0.05, 0.1) is 43.1 Å². The molecule has 0 atom stereocenters. The Morgan fingerprint density at radius 3 is 2.53 bits per heavy atom. The Morgan fingerprint density at radius 2 is 1.77 bits per heavy atom. The maximum atomic E-state index is 12.6. The number of para-hydroxylation sites is 1. The van der Waals surface area contributed by atoms with Crippen LogP contribution in [-0.2, 0) is 11.3 Å². The molecule has 0 spiro atoms. The second-order valence-corrected chi connectivity index (χ2v) is 8.76. The van der Waals surface area contributed by atoms with Gasteiger partial charge in [-0.1, -0.05) is 18.6 Å². The van der Waals surface area contributed by atoms with Crippen molar-refractivity contribution in [2.24, 2.45) is 0 Å². The van der Waals surface area contributed by atoms with Crippen LogP contribution in [0.1, 0.15) is 51.4 Å². The van der Waals surface area contributed by atoms with Crippen molar-refractivity contribution in [1.82, 2.24) is 14.5 Å². The molecule has 4 rings (SSSR count). The molecule has 30 heavy (non-hydrogen) atoms. The number of unbranched alkanes of at least 4 members (excludes halogenated alkanes) is 1. The summed E-state index contributed by atoms with van der Waals surface area (Å²) < 4.78 is 1.25. The van der Waals surface area contributed by atoms with Crippen molar-refractivity contribution in [3.8, 4) is 0 Å². The van der Waals surface area contributed by atoms with E-state index < -0.39 is 0 Å². The van der Waals surface area contributed by atoms with Gasteiger partial charge in [-0.2, -0.15) is 0 Å². The van der Waals surface area contributed by atoms with Crippen LogP contribution < -0.4 is 16.1 Å². The van der Waals surface area contributed by atoms with Gasteiger partial charge in [0.2, 0.25) is 5.91 Å². The van der Waals surface area contributed by atoms with E-state index in [1.807, 2.05) is 4.90 Å². The fourth-order valence-corrected chi connectivity index (χ4v) is 5.07. The molecule has 0 unspecified atom stereocenters. The standard InChI is InChI=1S/C23H32N4O3/c28-21(26-16-14-25(15-17-26)18-8-2-1-3-9-18)12-6-7-13-27-22(29)19-10-4-5-11-20(19)24-23(27)30/h4-5,10-11,18H,1-3,6-9,12-17H2,(H,24,30)/p+1. The average molecular weight is 414 g/mol. The van der Waals surface area contributed by atoms with E-state index >= 15 is 0 Å². The quantitative estimate of drug-likeness (QED) is 0.691. The molecular weight excluding hydrogens is 380 g/mol. The minimum atomic E-state index is -0.383. The number of rotatable bonds is 6. The maximum Gasteiger partial charge on any atom is 0.328 e. The van der Waals surface area contributed by atoms with Crippen molar-refractivity contribution in [3.05, 3.63) is 45.1 Å². The van der Waals surface area contributed by atoms with Crippen LogP contribution in [0.15, 0.2) is 33.9 Å². The zero-order valence-corrected chi connectivity index (χ0v) is 17.7. The predicted molar refractivity (Wildman–Crippen MR) is 117 cm³/mol. The van der Waals surface area contributed by atoms with Gasteiger partial charge in [-0.25, -0.2) is 4.79 Å². The fourth-order valence-electron chi connectivity index (χ4n) is 5.07. The normalized spacial score (nSPS) is 18.7. The van der Waals surface area contributed by atoms with E-state index in [1.165, 1.54) is 36.7 Å². The summed E-state index contributed by atoms with van der Waals surface area (Å²) in [6.45, 7) is 4.19.